The highest BCUT2D eigenvalue weighted by Crippen LogP contribution is 2.30. The number of nitrogen functional groups attached to an aromatic ring is 1. The molecule has 0 aliphatic rings. The van der Waals surface area contributed by atoms with Crippen molar-refractivity contribution in [3.8, 4) is 23.1 Å². The first-order valence-electron chi connectivity index (χ1n) is 10.0. The number of aromatic nitrogens is 4. The van der Waals surface area contributed by atoms with E-state index in [0.717, 1.165) is 33.3 Å². The monoisotopic (exact) mass is 414 g/mol. The second kappa shape index (κ2) is 8.54. The van der Waals surface area contributed by atoms with Gasteiger partial charge in [-0.25, -0.2) is 9.97 Å². The topological polar surface area (TPSA) is 89.6 Å². The molecule has 32 heavy (non-hydrogen) atoms. The van der Waals surface area contributed by atoms with Crippen molar-refractivity contribution in [3.63, 3.8) is 0 Å². The first-order chi connectivity index (χ1) is 15.8. The Hall–Kier alpha value is -4.76. The molecule has 0 amide bonds. The van der Waals surface area contributed by atoms with E-state index in [9.17, 15) is 0 Å². The highest BCUT2D eigenvalue weighted by Gasteiger charge is 2.10. The number of nitrogens with two attached hydrogens (primary N) is 1. The average molecular weight is 414 g/mol. The highest BCUT2D eigenvalue weighted by atomic mass is 15.2. The Bertz CT molecular complexity index is 1430. The van der Waals surface area contributed by atoms with Gasteiger partial charge >= 0.3 is 0 Å². The molecule has 0 aliphatic carbocycles. The molecule has 6 nitrogen and oxygen atoms in total. The maximum atomic E-state index is 5.50. The van der Waals surface area contributed by atoms with Crippen molar-refractivity contribution in [1.82, 2.24) is 20.2 Å². The minimum absolute atomic E-state index is 0.235. The van der Waals surface area contributed by atoms with Crippen molar-refractivity contribution in [2.24, 2.45) is 0 Å². The van der Waals surface area contributed by atoms with Crippen LogP contribution in [-0.4, -0.2) is 20.2 Å². The van der Waals surface area contributed by atoms with Gasteiger partial charge in [-0.05, 0) is 24.3 Å². The third kappa shape index (κ3) is 4.09. The number of hydrogen-bond donors (Lipinski definition) is 2. The summed E-state index contributed by atoms with van der Waals surface area (Å²) >= 11 is 0. The summed E-state index contributed by atoms with van der Waals surface area (Å²) in [5.41, 5.74) is 9.89. The normalized spacial score (nSPS) is 10.4. The molecule has 3 N–H and O–H groups in total. The third-order valence-corrected chi connectivity index (χ3v) is 4.91. The van der Waals surface area contributed by atoms with Crippen LogP contribution in [0.3, 0.4) is 0 Å². The average Bonchev–Trinajstić information content (AvgIpc) is 2.85. The zero-order valence-electron chi connectivity index (χ0n) is 17.0. The van der Waals surface area contributed by atoms with Crippen molar-refractivity contribution < 1.29 is 0 Å². The second-order valence-electron chi connectivity index (χ2n) is 7.09. The maximum absolute atomic E-state index is 5.50. The molecular weight excluding hydrogens is 396 g/mol. The van der Waals surface area contributed by atoms with Gasteiger partial charge in [0, 0.05) is 40.0 Å². The molecule has 2 heterocycles. The van der Waals surface area contributed by atoms with E-state index in [0.29, 0.717) is 11.4 Å². The van der Waals surface area contributed by atoms with Crippen LogP contribution in [-0.2, 0) is 0 Å². The Morgan fingerprint density at radius 2 is 1.31 bits per heavy atom. The van der Waals surface area contributed by atoms with Crippen LogP contribution in [0.4, 0.5) is 17.5 Å². The van der Waals surface area contributed by atoms with Gasteiger partial charge in [-0.15, -0.1) is 10.2 Å². The molecule has 3 aromatic carbocycles. The maximum Gasteiger partial charge on any atom is 0.219 e. The smallest absolute Gasteiger partial charge is 0.219 e. The summed E-state index contributed by atoms with van der Waals surface area (Å²) in [6.07, 6.45) is 3.21. The Labute approximate surface area is 185 Å². The Morgan fingerprint density at radius 3 is 2.06 bits per heavy atom. The number of hydrogen-bond acceptors (Lipinski definition) is 6. The summed E-state index contributed by atoms with van der Waals surface area (Å²) < 4.78 is 0. The molecule has 5 rings (SSSR count). The fourth-order valence-electron chi connectivity index (χ4n) is 3.33. The van der Waals surface area contributed by atoms with E-state index in [1.54, 1.807) is 12.4 Å². The third-order valence-electron chi connectivity index (χ3n) is 4.91. The minimum atomic E-state index is 0.235. The lowest BCUT2D eigenvalue weighted by Gasteiger charge is -2.11. The van der Waals surface area contributed by atoms with E-state index < -0.39 is 0 Å². The van der Waals surface area contributed by atoms with E-state index >= 15 is 0 Å². The number of benzene rings is 3. The molecule has 152 valence electrons. The number of rotatable bonds is 3. The molecule has 0 spiro atoms. The molecule has 0 aliphatic heterocycles. The first kappa shape index (κ1) is 19.2. The lowest BCUT2D eigenvalue weighted by molar-refractivity contribution is 1.06. The van der Waals surface area contributed by atoms with Gasteiger partial charge in [0.05, 0.1) is 5.56 Å². The molecule has 0 fully saturated rings. The van der Waals surface area contributed by atoms with Crippen molar-refractivity contribution >= 4 is 28.2 Å². The van der Waals surface area contributed by atoms with E-state index in [4.69, 9.17) is 5.73 Å². The summed E-state index contributed by atoms with van der Waals surface area (Å²) in [4.78, 5) is 7.89. The minimum Gasteiger partial charge on any atom is -0.368 e. The van der Waals surface area contributed by atoms with E-state index in [2.05, 4.69) is 43.4 Å². The first-order valence-corrected chi connectivity index (χ1v) is 10.0. The largest absolute Gasteiger partial charge is 0.368 e. The van der Waals surface area contributed by atoms with Gasteiger partial charge in [0.2, 0.25) is 5.95 Å². The molecule has 0 radical (unpaired) electrons. The molecule has 0 saturated carbocycles. The van der Waals surface area contributed by atoms with Gasteiger partial charge in [-0.2, -0.15) is 0 Å². The van der Waals surface area contributed by atoms with Crippen LogP contribution in [0.15, 0.2) is 91.3 Å². The van der Waals surface area contributed by atoms with Crippen molar-refractivity contribution in [2.45, 2.75) is 0 Å². The lowest BCUT2D eigenvalue weighted by Crippen LogP contribution is -1.99. The predicted molar refractivity (Wildman–Crippen MR) is 127 cm³/mol. The van der Waals surface area contributed by atoms with E-state index in [1.165, 1.54) is 0 Å². The van der Waals surface area contributed by atoms with Crippen LogP contribution in [0.25, 0.3) is 22.0 Å². The molecule has 0 atom stereocenters. The zero-order chi connectivity index (χ0) is 21.8. The fourth-order valence-corrected chi connectivity index (χ4v) is 3.33. The molecule has 0 bridgehead atoms. The van der Waals surface area contributed by atoms with Gasteiger partial charge in [-0.3, -0.25) is 0 Å². The van der Waals surface area contributed by atoms with Gasteiger partial charge < -0.3 is 11.1 Å². The summed E-state index contributed by atoms with van der Waals surface area (Å²) in [7, 11) is 0. The predicted octanol–water partition coefficient (Wildman–Crippen LogP) is 4.81. The number of fused-ring (bicyclic) bond motifs is 1. The molecule has 6 heteroatoms. The molecular formula is C26H18N6. The molecule has 0 saturated heterocycles. The molecule has 0 unspecified atom stereocenters. The van der Waals surface area contributed by atoms with Crippen molar-refractivity contribution in [2.75, 3.05) is 11.1 Å². The fraction of sp³-hybridized carbons (Fsp3) is 0. The van der Waals surface area contributed by atoms with Gasteiger partial charge in [0.25, 0.3) is 0 Å². The summed E-state index contributed by atoms with van der Waals surface area (Å²) in [5, 5.41) is 14.4. The van der Waals surface area contributed by atoms with E-state index in [-0.39, 0.29) is 5.95 Å². The van der Waals surface area contributed by atoms with Crippen LogP contribution < -0.4 is 11.1 Å². The van der Waals surface area contributed by atoms with Crippen molar-refractivity contribution in [1.29, 1.82) is 0 Å². The van der Waals surface area contributed by atoms with Crippen LogP contribution in [0.1, 0.15) is 11.1 Å². The van der Waals surface area contributed by atoms with Gasteiger partial charge in [-0.1, -0.05) is 66.4 Å². The number of nitrogens with one attached hydrogen (secondary N) is 1. The van der Waals surface area contributed by atoms with Crippen LogP contribution in [0.2, 0.25) is 0 Å². The van der Waals surface area contributed by atoms with Crippen LogP contribution in [0, 0.1) is 11.8 Å². The standard InChI is InChI=1S/C26H18N6/c27-26-28-16-19(17-29-26)11-10-18-12-14-21(15-13-18)30-25-23-9-5-4-8-22(23)24(31-32-25)20-6-2-1-3-7-20/h1-9,12-17H,(H,30,32)(H2,27,28,29). The Morgan fingerprint density at radius 1 is 0.656 bits per heavy atom. The Kier molecular flexibility index (Phi) is 5.13. The van der Waals surface area contributed by atoms with Crippen molar-refractivity contribution in [3.05, 3.63) is 102 Å². The molecule has 2 aromatic heterocycles. The van der Waals surface area contributed by atoms with E-state index in [1.807, 2.05) is 72.8 Å². The SMILES string of the molecule is Nc1ncc(C#Cc2ccc(Nc3nnc(-c4ccccc4)c4ccccc34)cc2)cn1. The quantitative estimate of drug-likeness (QED) is 0.412. The number of nitrogens with zero attached hydrogens (tertiary/aromatic N) is 4. The Balaban J connectivity index is 1.41. The summed E-state index contributed by atoms with van der Waals surface area (Å²) in [6, 6.07) is 26.0. The van der Waals surface area contributed by atoms with Gasteiger partial charge in [0.1, 0.15) is 5.69 Å². The summed E-state index contributed by atoms with van der Waals surface area (Å²) in [6.45, 7) is 0. The lowest BCUT2D eigenvalue weighted by atomic mass is 10.0. The zero-order valence-corrected chi connectivity index (χ0v) is 17.0. The highest BCUT2D eigenvalue weighted by molar-refractivity contribution is 6.00. The van der Waals surface area contributed by atoms with Crippen LogP contribution >= 0.6 is 0 Å². The second-order valence-corrected chi connectivity index (χ2v) is 7.09. The number of anilines is 3. The van der Waals surface area contributed by atoms with Gasteiger partial charge in [0.15, 0.2) is 5.82 Å². The summed E-state index contributed by atoms with van der Waals surface area (Å²) in [5.74, 6) is 7.07. The molecule has 5 aromatic rings. The van der Waals surface area contributed by atoms with Crippen LogP contribution in [0.5, 0.6) is 0 Å².